The highest BCUT2D eigenvalue weighted by Gasteiger charge is 1.74. The van der Waals surface area contributed by atoms with E-state index >= 15 is 0 Å². The first-order valence-electron chi connectivity index (χ1n) is 4.32. The van der Waals surface area contributed by atoms with Crippen LogP contribution in [0, 0.1) is 0 Å². The van der Waals surface area contributed by atoms with Crippen molar-refractivity contribution in [3.63, 3.8) is 0 Å². The summed E-state index contributed by atoms with van der Waals surface area (Å²) in [5.41, 5.74) is 0. The highest BCUT2D eigenvalue weighted by Crippen LogP contribution is 1.95. The third-order valence-electron chi connectivity index (χ3n) is 1.55. The van der Waals surface area contributed by atoms with Crippen LogP contribution in [0.3, 0.4) is 0 Å². The molecule has 0 aromatic heterocycles. The van der Waals surface area contributed by atoms with Crippen molar-refractivity contribution < 1.29 is 0 Å². The van der Waals surface area contributed by atoms with Crippen molar-refractivity contribution in [1.29, 1.82) is 0 Å². The quantitative estimate of drug-likeness (QED) is 0.505. The lowest BCUT2D eigenvalue weighted by Gasteiger charge is -1.84. The molecular weight excluding hydrogens is 144 g/mol. The summed E-state index contributed by atoms with van der Waals surface area (Å²) in [7, 11) is 0. The van der Waals surface area contributed by atoms with Gasteiger partial charge in [-0.25, -0.2) is 0 Å². The molecule has 0 saturated carbocycles. The van der Waals surface area contributed by atoms with E-state index in [1.807, 2.05) is 24.3 Å². The Balaban J connectivity index is 2.55. The highest BCUT2D eigenvalue weighted by molar-refractivity contribution is 5.18. The summed E-state index contributed by atoms with van der Waals surface area (Å²) >= 11 is 0. The van der Waals surface area contributed by atoms with Crippen molar-refractivity contribution in [3.8, 4) is 0 Å². The van der Waals surface area contributed by atoms with Gasteiger partial charge in [-0.1, -0.05) is 60.8 Å². The lowest BCUT2D eigenvalue weighted by atomic mass is 10.2. The highest BCUT2D eigenvalue weighted by atomic mass is 13.8. The van der Waals surface area contributed by atoms with Crippen LogP contribution < -0.4 is 0 Å². The first-order valence-corrected chi connectivity index (χ1v) is 4.32. The van der Waals surface area contributed by atoms with Gasteiger partial charge in [-0.15, -0.1) is 0 Å². The van der Waals surface area contributed by atoms with Crippen molar-refractivity contribution in [2.75, 3.05) is 0 Å². The van der Waals surface area contributed by atoms with Gasteiger partial charge in [-0.05, 0) is 12.8 Å². The van der Waals surface area contributed by atoms with E-state index in [4.69, 9.17) is 0 Å². The van der Waals surface area contributed by atoms with Crippen LogP contribution in [0.5, 0.6) is 0 Å². The molecule has 0 nitrogen and oxygen atoms in total. The summed E-state index contributed by atoms with van der Waals surface area (Å²) in [6.45, 7) is 0. The Hall–Kier alpha value is -1.30. The van der Waals surface area contributed by atoms with Crippen LogP contribution in [0.2, 0.25) is 0 Å². The third-order valence-corrected chi connectivity index (χ3v) is 1.55. The molecule has 0 spiro atoms. The minimum Gasteiger partial charge on any atom is -0.0842 e. The predicted molar refractivity (Wildman–Crippen MR) is 54.9 cm³/mol. The van der Waals surface area contributed by atoms with Gasteiger partial charge in [0.05, 0.1) is 0 Å². The van der Waals surface area contributed by atoms with E-state index in [-0.39, 0.29) is 0 Å². The molecule has 0 aromatic carbocycles. The first kappa shape index (κ1) is 8.79. The third kappa shape index (κ3) is 4.51. The van der Waals surface area contributed by atoms with Crippen molar-refractivity contribution >= 4 is 0 Å². The van der Waals surface area contributed by atoms with E-state index in [0.717, 1.165) is 12.8 Å². The number of rotatable bonds is 0. The standard InChI is InChI=1S/C12H14/c1-2-4-6-8-10-12-11-9-7-5-3-1/h1-10H,11-12H2/b2-1+,5-3-,6-4-,9-7+,10-8+. The largest absolute Gasteiger partial charge is 0.0842 e. The maximum absolute atomic E-state index is 2.18. The molecule has 0 heterocycles. The summed E-state index contributed by atoms with van der Waals surface area (Å²) in [6, 6.07) is 0. The summed E-state index contributed by atoms with van der Waals surface area (Å²) < 4.78 is 0. The monoisotopic (exact) mass is 158 g/mol. The van der Waals surface area contributed by atoms with Crippen LogP contribution in [0.1, 0.15) is 12.8 Å². The Morgan fingerprint density at radius 1 is 0.417 bits per heavy atom. The van der Waals surface area contributed by atoms with Crippen molar-refractivity contribution in [3.05, 3.63) is 60.8 Å². The van der Waals surface area contributed by atoms with E-state index in [2.05, 4.69) is 36.5 Å². The first-order chi connectivity index (χ1) is 6.00. The Morgan fingerprint density at radius 3 is 1.17 bits per heavy atom. The smallest absolute Gasteiger partial charge is 0.0313 e. The molecule has 0 saturated heterocycles. The van der Waals surface area contributed by atoms with Crippen LogP contribution in [0.15, 0.2) is 60.8 Å². The molecule has 0 fully saturated rings. The van der Waals surface area contributed by atoms with Crippen molar-refractivity contribution in [2.45, 2.75) is 12.8 Å². The molecule has 1 aliphatic carbocycles. The van der Waals surface area contributed by atoms with Crippen LogP contribution in [-0.4, -0.2) is 0 Å². The van der Waals surface area contributed by atoms with Crippen molar-refractivity contribution in [1.82, 2.24) is 0 Å². The second kappa shape index (κ2) is 6.41. The molecule has 1 rings (SSSR count). The molecule has 0 amide bonds. The molecule has 1 aliphatic rings. The van der Waals surface area contributed by atoms with Crippen molar-refractivity contribution in [2.24, 2.45) is 0 Å². The number of hydrogen-bond donors (Lipinski definition) is 0. The average Bonchev–Trinajstić information content (AvgIpc) is 2.05. The SMILES string of the molecule is C1=C\C=C\CC\C=C\C=C/C=C/1. The van der Waals surface area contributed by atoms with Gasteiger partial charge in [0.2, 0.25) is 0 Å². The molecule has 0 unspecified atom stereocenters. The zero-order valence-corrected chi connectivity index (χ0v) is 7.19. The lowest BCUT2D eigenvalue weighted by Crippen LogP contribution is -1.64. The van der Waals surface area contributed by atoms with Gasteiger partial charge < -0.3 is 0 Å². The topological polar surface area (TPSA) is 0 Å². The normalized spacial score (nSPS) is 30.7. The summed E-state index contributed by atoms with van der Waals surface area (Å²) in [6.07, 6.45) is 23.0. The van der Waals surface area contributed by atoms with Gasteiger partial charge in [0.1, 0.15) is 0 Å². The summed E-state index contributed by atoms with van der Waals surface area (Å²) in [4.78, 5) is 0. The molecule has 0 heteroatoms. The zero-order valence-electron chi connectivity index (χ0n) is 7.19. The maximum Gasteiger partial charge on any atom is -0.0313 e. The second-order valence-electron chi connectivity index (χ2n) is 2.59. The summed E-state index contributed by atoms with van der Waals surface area (Å²) in [5.74, 6) is 0. The van der Waals surface area contributed by atoms with Gasteiger partial charge in [0.25, 0.3) is 0 Å². The fraction of sp³-hybridized carbons (Fsp3) is 0.167. The van der Waals surface area contributed by atoms with E-state index in [1.165, 1.54) is 0 Å². The minimum atomic E-state index is 1.12. The Bertz CT molecular complexity index is 211. The Morgan fingerprint density at radius 2 is 0.750 bits per heavy atom. The average molecular weight is 158 g/mol. The molecule has 0 atom stereocenters. The molecule has 0 aromatic rings. The molecule has 0 radical (unpaired) electrons. The minimum absolute atomic E-state index is 1.12. The Labute approximate surface area is 74.3 Å². The van der Waals surface area contributed by atoms with Crippen LogP contribution in [0.25, 0.3) is 0 Å². The van der Waals surface area contributed by atoms with E-state index in [0.29, 0.717) is 0 Å². The van der Waals surface area contributed by atoms with Gasteiger partial charge in [-0.3, -0.25) is 0 Å². The van der Waals surface area contributed by atoms with Gasteiger partial charge in [0, 0.05) is 0 Å². The van der Waals surface area contributed by atoms with Gasteiger partial charge in [0.15, 0.2) is 0 Å². The summed E-state index contributed by atoms with van der Waals surface area (Å²) in [5, 5.41) is 0. The predicted octanol–water partition coefficient (Wildman–Crippen LogP) is 3.56. The molecule has 0 bridgehead atoms. The van der Waals surface area contributed by atoms with E-state index in [9.17, 15) is 0 Å². The molecule has 0 aliphatic heterocycles. The Kier molecular flexibility index (Phi) is 4.70. The van der Waals surface area contributed by atoms with Gasteiger partial charge in [-0.2, -0.15) is 0 Å². The fourth-order valence-electron chi connectivity index (χ4n) is 0.927. The number of allylic oxidation sites excluding steroid dienone is 10. The molecule has 62 valence electrons. The lowest BCUT2D eigenvalue weighted by molar-refractivity contribution is 1.05. The molecule has 0 N–H and O–H groups in total. The van der Waals surface area contributed by atoms with Crippen LogP contribution in [-0.2, 0) is 0 Å². The second-order valence-corrected chi connectivity index (χ2v) is 2.59. The fourth-order valence-corrected chi connectivity index (χ4v) is 0.927. The number of hydrogen-bond acceptors (Lipinski definition) is 0. The zero-order chi connectivity index (χ0) is 8.49. The van der Waals surface area contributed by atoms with Crippen LogP contribution in [0.4, 0.5) is 0 Å². The van der Waals surface area contributed by atoms with E-state index in [1.54, 1.807) is 0 Å². The maximum atomic E-state index is 2.18. The van der Waals surface area contributed by atoms with E-state index < -0.39 is 0 Å². The molecular formula is C12H14. The van der Waals surface area contributed by atoms with Crippen LogP contribution >= 0.6 is 0 Å². The van der Waals surface area contributed by atoms with Gasteiger partial charge >= 0.3 is 0 Å². The molecule has 12 heavy (non-hydrogen) atoms.